The molecule has 94 valence electrons. The molecule has 0 radical (unpaired) electrons. The Balaban J connectivity index is 2.68. The summed E-state index contributed by atoms with van der Waals surface area (Å²) in [4.78, 5) is 20.4. The second-order valence-electron chi connectivity index (χ2n) is 3.72. The molecule has 1 unspecified atom stereocenters. The van der Waals surface area contributed by atoms with E-state index in [4.69, 9.17) is 10.9 Å². The van der Waals surface area contributed by atoms with Crippen LogP contribution in [-0.2, 0) is 11.3 Å². The molecule has 0 aliphatic heterocycles. The van der Waals surface area contributed by atoms with E-state index in [1.165, 1.54) is 4.90 Å². The zero-order valence-corrected chi connectivity index (χ0v) is 9.92. The predicted octanol–water partition coefficient (Wildman–Crippen LogP) is 0.141. The molecule has 0 aliphatic rings. The Bertz CT molecular complexity index is 387. The van der Waals surface area contributed by atoms with Crippen LogP contribution >= 0.6 is 0 Å². The lowest BCUT2D eigenvalue weighted by Crippen LogP contribution is -2.39. The summed E-state index contributed by atoms with van der Waals surface area (Å²) in [7, 11) is 1.65. The van der Waals surface area contributed by atoms with Crippen molar-refractivity contribution in [1.29, 1.82) is 0 Å². The molecule has 0 fully saturated rings. The Kier molecular flexibility index (Phi) is 4.50. The molecule has 0 spiro atoms. The Hall–Kier alpha value is -2.05. The van der Waals surface area contributed by atoms with Gasteiger partial charge in [-0.15, -0.1) is 0 Å². The van der Waals surface area contributed by atoms with Gasteiger partial charge in [0, 0.05) is 19.4 Å². The number of carbonyl (C=O) groups is 1. The van der Waals surface area contributed by atoms with Crippen LogP contribution in [0.1, 0.15) is 19.2 Å². The second kappa shape index (κ2) is 5.88. The number of rotatable bonds is 5. The smallest absolute Gasteiger partial charge is 0.233 e. The van der Waals surface area contributed by atoms with Gasteiger partial charge >= 0.3 is 0 Å². The Labute approximate surface area is 99.3 Å². The molecule has 1 aromatic heterocycles. The minimum atomic E-state index is -0.597. The second-order valence-corrected chi connectivity index (χ2v) is 3.72. The highest BCUT2D eigenvalue weighted by Crippen LogP contribution is 2.09. The summed E-state index contributed by atoms with van der Waals surface area (Å²) in [6.45, 7) is 2.17. The standard InChI is InChI=1S/C10H17N5O2/c1-3-7(9(11)14-17)10(16)15(2)6-8-12-4-5-13-8/h4-5,7,17H,3,6H2,1-2H3,(H2,11,14)(H,12,13). The number of amides is 1. The molecular formula is C10H17N5O2. The van der Waals surface area contributed by atoms with Crippen molar-refractivity contribution in [3.05, 3.63) is 18.2 Å². The highest BCUT2D eigenvalue weighted by molar-refractivity contribution is 6.01. The van der Waals surface area contributed by atoms with E-state index in [1.807, 2.05) is 0 Å². The molecular weight excluding hydrogens is 222 g/mol. The van der Waals surface area contributed by atoms with Crippen molar-refractivity contribution in [3.8, 4) is 0 Å². The lowest BCUT2D eigenvalue weighted by molar-refractivity contribution is -0.132. The number of nitrogens with zero attached hydrogens (tertiary/aromatic N) is 3. The summed E-state index contributed by atoms with van der Waals surface area (Å²) in [6, 6.07) is 0. The predicted molar refractivity (Wildman–Crippen MR) is 62.3 cm³/mol. The number of imidazole rings is 1. The summed E-state index contributed by atoms with van der Waals surface area (Å²) < 4.78 is 0. The molecule has 0 bridgehead atoms. The Morgan fingerprint density at radius 1 is 1.76 bits per heavy atom. The number of aromatic amines is 1. The fourth-order valence-corrected chi connectivity index (χ4v) is 1.53. The Morgan fingerprint density at radius 2 is 2.47 bits per heavy atom. The van der Waals surface area contributed by atoms with E-state index in [9.17, 15) is 4.79 Å². The van der Waals surface area contributed by atoms with Crippen molar-refractivity contribution >= 4 is 11.7 Å². The summed E-state index contributed by atoms with van der Waals surface area (Å²) in [5.41, 5.74) is 5.47. The Morgan fingerprint density at radius 3 is 2.94 bits per heavy atom. The number of hydrogen-bond donors (Lipinski definition) is 3. The van der Waals surface area contributed by atoms with Gasteiger partial charge in [-0.1, -0.05) is 12.1 Å². The van der Waals surface area contributed by atoms with Gasteiger partial charge in [0.05, 0.1) is 12.5 Å². The monoisotopic (exact) mass is 239 g/mol. The van der Waals surface area contributed by atoms with Gasteiger partial charge in [-0.25, -0.2) is 4.98 Å². The minimum Gasteiger partial charge on any atom is -0.409 e. The molecule has 7 nitrogen and oxygen atoms in total. The number of amidine groups is 1. The third kappa shape index (κ3) is 3.20. The lowest BCUT2D eigenvalue weighted by Gasteiger charge is -2.21. The first-order valence-corrected chi connectivity index (χ1v) is 5.30. The van der Waals surface area contributed by atoms with Crippen LogP contribution in [-0.4, -0.2) is 38.9 Å². The van der Waals surface area contributed by atoms with Gasteiger partial charge in [-0.2, -0.15) is 0 Å². The van der Waals surface area contributed by atoms with Gasteiger partial charge in [0.15, 0.2) is 5.84 Å². The van der Waals surface area contributed by atoms with Crippen molar-refractivity contribution in [2.45, 2.75) is 19.9 Å². The van der Waals surface area contributed by atoms with Gasteiger partial charge in [0.1, 0.15) is 5.82 Å². The number of nitrogens with two attached hydrogens (primary N) is 1. The van der Waals surface area contributed by atoms with Crippen LogP contribution in [0.5, 0.6) is 0 Å². The van der Waals surface area contributed by atoms with E-state index in [1.54, 1.807) is 26.4 Å². The van der Waals surface area contributed by atoms with Gasteiger partial charge in [0.25, 0.3) is 0 Å². The molecule has 1 atom stereocenters. The third-order valence-electron chi connectivity index (χ3n) is 2.50. The number of hydrogen-bond acceptors (Lipinski definition) is 4. The summed E-state index contributed by atoms with van der Waals surface area (Å²) >= 11 is 0. The van der Waals surface area contributed by atoms with E-state index >= 15 is 0 Å². The average Bonchev–Trinajstić information content (AvgIpc) is 2.82. The fourth-order valence-electron chi connectivity index (χ4n) is 1.53. The molecule has 17 heavy (non-hydrogen) atoms. The minimum absolute atomic E-state index is 0.0659. The van der Waals surface area contributed by atoms with E-state index in [0.29, 0.717) is 18.8 Å². The fraction of sp³-hybridized carbons (Fsp3) is 0.500. The normalized spacial score (nSPS) is 13.4. The molecule has 0 aromatic carbocycles. The molecule has 1 amide bonds. The van der Waals surface area contributed by atoms with Crippen LogP contribution in [0, 0.1) is 5.92 Å². The van der Waals surface area contributed by atoms with Crippen LogP contribution in [0.15, 0.2) is 17.5 Å². The van der Waals surface area contributed by atoms with Gasteiger partial charge in [-0.3, -0.25) is 4.79 Å². The van der Waals surface area contributed by atoms with E-state index in [0.717, 1.165) is 0 Å². The van der Waals surface area contributed by atoms with Crippen LogP contribution < -0.4 is 5.73 Å². The molecule has 0 saturated carbocycles. The molecule has 7 heteroatoms. The zero-order chi connectivity index (χ0) is 12.8. The van der Waals surface area contributed by atoms with Crippen molar-refractivity contribution < 1.29 is 10.0 Å². The average molecular weight is 239 g/mol. The number of aromatic nitrogens is 2. The van der Waals surface area contributed by atoms with Crippen molar-refractivity contribution in [1.82, 2.24) is 14.9 Å². The van der Waals surface area contributed by atoms with Crippen LogP contribution in [0.25, 0.3) is 0 Å². The zero-order valence-electron chi connectivity index (χ0n) is 9.92. The summed E-state index contributed by atoms with van der Waals surface area (Å²) in [5.74, 6) is -0.168. The lowest BCUT2D eigenvalue weighted by atomic mass is 10.0. The van der Waals surface area contributed by atoms with E-state index in [2.05, 4.69) is 15.1 Å². The molecule has 1 aromatic rings. The maximum absolute atomic E-state index is 12.0. The van der Waals surface area contributed by atoms with Gasteiger partial charge in [0.2, 0.25) is 5.91 Å². The van der Waals surface area contributed by atoms with Crippen LogP contribution in [0.4, 0.5) is 0 Å². The van der Waals surface area contributed by atoms with Gasteiger partial charge in [-0.05, 0) is 6.42 Å². The van der Waals surface area contributed by atoms with E-state index < -0.39 is 5.92 Å². The number of carbonyl (C=O) groups excluding carboxylic acids is 1. The SMILES string of the molecule is CCC(C(=O)N(C)Cc1ncc[nH]1)/C(N)=N/O. The first-order chi connectivity index (χ1) is 8.10. The summed E-state index contributed by atoms with van der Waals surface area (Å²) in [5, 5.41) is 11.5. The number of H-pyrrole nitrogens is 1. The maximum atomic E-state index is 12.0. The first kappa shape index (κ1) is 13.0. The highest BCUT2D eigenvalue weighted by atomic mass is 16.4. The summed E-state index contributed by atoms with van der Waals surface area (Å²) in [6.07, 6.45) is 3.79. The van der Waals surface area contributed by atoms with Crippen LogP contribution in [0.2, 0.25) is 0 Å². The van der Waals surface area contributed by atoms with Crippen molar-refractivity contribution in [2.75, 3.05) is 7.05 Å². The molecule has 1 rings (SSSR count). The molecule has 0 saturated heterocycles. The largest absolute Gasteiger partial charge is 0.409 e. The van der Waals surface area contributed by atoms with Crippen molar-refractivity contribution in [3.63, 3.8) is 0 Å². The van der Waals surface area contributed by atoms with Crippen molar-refractivity contribution in [2.24, 2.45) is 16.8 Å². The quantitative estimate of drug-likeness (QED) is 0.294. The number of oxime groups is 1. The highest BCUT2D eigenvalue weighted by Gasteiger charge is 2.24. The maximum Gasteiger partial charge on any atom is 0.233 e. The third-order valence-corrected chi connectivity index (χ3v) is 2.50. The van der Waals surface area contributed by atoms with Gasteiger partial charge < -0.3 is 20.8 Å². The first-order valence-electron chi connectivity index (χ1n) is 5.30. The molecule has 1 heterocycles. The topological polar surface area (TPSA) is 108 Å². The number of nitrogens with one attached hydrogen (secondary N) is 1. The molecule has 0 aliphatic carbocycles. The molecule has 4 N–H and O–H groups in total. The van der Waals surface area contributed by atoms with Crippen LogP contribution in [0.3, 0.4) is 0 Å². The van der Waals surface area contributed by atoms with E-state index in [-0.39, 0.29) is 11.7 Å².